The molecule has 37 heavy (non-hydrogen) atoms. The van der Waals surface area contributed by atoms with Gasteiger partial charge in [-0.2, -0.15) is 0 Å². The highest BCUT2D eigenvalue weighted by atomic mass is 16.5. The fraction of sp³-hybridized carbons (Fsp3) is 0.172. The topological polar surface area (TPSA) is 104 Å². The molecule has 8 heteroatoms. The maximum Gasteiger partial charge on any atom is 0.339 e. The van der Waals surface area contributed by atoms with Gasteiger partial charge in [-0.3, -0.25) is 9.59 Å². The Morgan fingerprint density at radius 3 is 2.30 bits per heavy atom. The van der Waals surface area contributed by atoms with Gasteiger partial charge in [0.15, 0.2) is 23.9 Å². The number of methoxy groups -OCH3 is 2. The van der Waals surface area contributed by atoms with Gasteiger partial charge in [-0.15, -0.1) is 0 Å². The molecule has 188 valence electrons. The molecule has 0 aliphatic heterocycles. The number of anilines is 1. The van der Waals surface area contributed by atoms with Crippen molar-refractivity contribution < 1.29 is 28.6 Å². The molecule has 0 atom stereocenters. The minimum Gasteiger partial charge on any atom is -0.493 e. The van der Waals surface area contributed by atoms with Gasteiger partial charge in [0, 0.05) is 28.6 Å². The van der Waals surface area contributed by atoms with Crippen LogP contribution in [0.25, 0.3) is 22.2 Å². The van der Waals surface area contributed by atoms with Crippen molar-refractivity contribution >= 4 is 34.3 Å². The first-order valence-corrected chi connectivity index (χ1v) is 11.7. The number of Topliss-reactive ketones (excluding diaryl/α,β-unsaturated/α-hetero) is 1. The van der Waals surface area contributed by atoms with E-state index in [0.29, 0.717) is 51.3 Å². The van der Waals surface area contributed by atoms with Crippen LogP contribution in [-0.2, 0) is 9.53 Å². The van der Waals surface area contributed by atoms with E-state index in [1.165, 1.54) is 0 Å². The van der Waals surface area contributed by atoms with Crippen LogP contribution in [0.1, 0.15) is 34.1 Å². The van der Waals surface area contributed by atoms with Crippen molar-refractivity contribution in [1.82, 2.24) is 4.98 Å². The Morgan fingerprint density at radius 2 is 1.59 bits per heavy atom. The van der Waals surface area contributed by atoms with E-state index in [0.717, 1.165) is 5.56 Å². The quantitative estimate of drug-likeness (QED) is 0.246. The molecule has 0 fully saturated rings. The van der Waals surface area contributed by atoms with Gasteiger partial charge in [-0.25, -0.2) is 9.78 Å². The van der Waals surface area contributed by atoms with Crippen molar-refractivity contribution in [2.45, 2.75) is 13.3 Å². The summed E-state index contributed by atoms with van der Waals surface area (Å²) in [6.45, 7) is 1.33. The first-order valence-electron chi connectivity index (χ1n) is 11.7. The minimum absolute atomic E-state index is 0.120. The molecule has 1 amide bonds. The third-order valence-corrected chi connectivity index (χ3v) is 5.76. The van der Waals surface area contributed by atoms with Crippen LogP contribution in [0.4, 0.5) is 5.69 Å². The standard InChI is InChI=1S/C29H26N2O6/c1-4-28(33)30-20-12-9-18(10-13-20)25(32)17-37-29(34)22-16-24(31-23-8-6-5-7-21(22)23)19-11-14-26(35-2)27(15-19)36-3/h5-16H,4,17H2,1-3H3,(H,30,33). The molecule has 0 aliphatic carbocycles. The smallest absolute Gasteiger partial charge is 0.339 e. The van der Waals surface area contributed by atoms with Crippen molar-refractivity contribution in [3.8, 4) is 22.8 Å². The molecule has 4 rings (SSSR count). The molecule has 0 radical (unpaired) electrons. The van der Waals surface area contributed by atoms with Crippen molar-refractivity contribution in [3.63, 3.8) is 0 Å². The first-order chi connectivity index (χ1) is 17.9. The lowest BCUT2D eigenvalue weighted by Crippen LogP contribution is -2.15. The summed E-state index contributed by atoms with van der Waals surface area (Å²) in [6, 6.07) is 20.7. The molecule has 1 aromatic heterocycles. The number of ketones is 1. The summed E-state index contributed by atoms with van der Waals surface area (Å²) in [5, 5.41) is 3.33. The van der Waals surface area contributed by atoms with Gasteiger partial charge in [0.05, 0.1) is 31.0 Å². The average molecular weight is 499 g/mol. The van der Waals surface area contributed by atoms with Crippen LogP contribution in [0.2, 0.25) is 0 Å². The van der Waals surface area contributed by atoms with Crippen LogP contribution >= 0.6 is 0 Å². The van der Waals surface area contributed by atoms with Gasteiger partial charge in [-0.05, 0) is 54.6 Å². The molecule has 0 saturated carbocycles. The van der Waals surface area contributed by atoms with Crippen molar-refractivity contribution in [2.24, 2.45) is 0 Å². The molecule has 0 spiro atoms. The first kappa shape index (κ1) is 25.4. The van der Waals surface area contributed by atoms with Crippen LogP contribution < -0.4 is 14.8 Å². The number of benzene rings is 3. The van der Waals surface area contributed by atoms with E-state index in [9.17, 15) is 14.4 Å². The van der Waals surface area contributed by atoms with Gasteiger partial charge in [0.1, 0.15) is 0 Å². The molecule has 0 aliphatic rings. The summed E-state index contributed by atoms with van der Waals surface area (Å²) in [6.07, 6.45) is 0.355. The summed E-state index contributed by atoms with van der Waals surface area (Å²) in [4.78, 5) is 42.0. The van der Waals surface area contributed by atoms with Crippen LogP contribution in [0.5, 0.6) is 11.5 Å². The summed E-state index contributed by atoms with van der Waals surface area (Å²) >= 11 is 0. The molecule has 0 saturated heterocycles. The number of carbonyl (C=O) groups excluding carboxylic acids is 3. The average Bonchev–Trinajstić information content (AvgIpc) is 2.94. The van der Waals surface area contributed by atoms with E-state index in [2.05, 4.69) is 5.32 Å². The monoisotopic (exact) mass is 498 g/mol. The highest BCUT2D eigenvalue weighted by Gasteiger charge is 2.18. The zero-order chi connectivity index (χ0) is 26.4. The Bertz CT molecular complexity index is 1460. The number of hydrogen-bond acceptors (Lipinski definition) is 7. The highest BCUT2D eigenvalue weighted by molar-refractivity contribution is 6.06. The lowest BCUT2D eigenvalue weighted by molar-refractivity contribution is -0.115. The predicted molar refractivity (Wildman–Crippen MR) is 140 cm³/mol. The van der Waals surface area contributed by atoms with Gasteiger partial charge in [0.25, 0.3) is 0 Å². The van der Waals surface area contributed by atoms with Crippen molar-refractivity contribution in [3.05, 3.63) is 83.9 Å². The minimum atomic E-state index is -0.638. The van der Waals surface area contributed by atoms with Gasteiger partial charge >= 0.3 is 5.97 Å². The van der Waals surface area contributed by atoms with E-state index >= 15 is 0 Å². The van der Waals surface area contributed by atoms with E-state index in [1.807, 2.05) is 12.1 Å². The number of carbonyl (C=O) groups is 3. The van der Waals surface area contributed by atoms with Crippen LogP contribution in [0, 0.1) is 0 Å². The number of ether oxygens (including phenoxy) is 3. The molecule has 0 unspecified atom stereocenters. The van der Waals surface area contributed by atoms with Crippen LogP contribution in [-0.4, -0.2) is 43.5 Å². The van der Waals surface area contributed by atoms with Crippen LogP contribution in [0.3, 0.4) is 0 Å². The third kappa shape index (κ3) is 5.75. The zero-order valence-corrected chi connectivity index (χ0v) is 20.7. The third-order valence-electron chi connectivity index (χ3n) is 5.76. The Kier molecular flexibility index (Phi) is 7.78. The normalized spacial score (nSPS) is 10.6. The van der Waals surface area contributed by atoms with Gasteiger partial charge in [0.2, 0.25) is 5.91 Å². The van der Waals surface area contributed by atoms with E-state index in [4.69, 9.17) is 19.2 Å². The molecule has 4 aromatic rings. The molecule has 3 aromatic carbocycles. The SMILES string of the molecule is CCC(=O)Nc1ccc(C(=O)COC(=O)c2cc(-c3ccc(OC)c(OC)c3)nc3ccccc23)cc1. The Balaban J connectivity index is 1.56. The van der Waals surface area contributed by atoms with Gasteiger partial charge in [-0.1, -0.05) is 25.1 Å². The van der Waals surface area contributed by atoms with Crippen LogP contribution in [0.15, 0.2) is 72.8 Å². The number of para-hydroxylation sites is 1. The fourth-order valence-electron chi connectivity index (χ4n) is 3.77. The predicted octanol–water partition coefficient (Wildman–Crippen LogP) is 5.31. The number of rotatable bonds is 9. The number of fused-ring (bicyclic) bond motifs is 1. The summed E-state index contributed by atoms with van der Waals surface area (Å²) in [7, 11) is 3.10. The Hall–Kier alpha value is -4.72. The lowest BCUT2D eigenvalue weighted by atomic mass is 10.0. The Labute approximate surface area is 214 Å². The maximum atomic E-state index is 13.1. The van der Waals surface area contributed by atoms with E-state index < -0.39 is 12.6 Å². The largest absolute Gasteiger partial charge is 0.493 e. The number of aromatic nitrogens is 1. The number of esters is 1. The summed E-state index contributed by atoms with van der Waals surface area (Å²) in [5.74, 6) is -0.0124. The van der Waals surface area contributed by atoms with Gasteiger partial charge < -0.3 is 19.5 Å². The lowest BCUT2D eigenvalue weighted by Gasteiger charge is -2.12. The number of pyridine rings is 1. The number of nitrogens with zero attached hydrogens (tertiary/aromatic N) is 1. The molecule has 8 nitrogen and oxygen atoms in total. The molecular weight excluding hydrogens is 472 g/mol. The summed E-state index contributed by atoms with van der Waals surface area (Å²) < 4.78 is 16.1. The molecular formula is C29H26N2O6. The maximum absolute atomic E-state index is 13.1. The zero-order valence-electron chi connectivity index (χ0n) is 20.7. The number of hydrogen-bond donors (Lipinski definition) is 1. The molecule has 1 N–H and O–H groups in total. The Morgan fingerprint density at radius 1 is 0.865 bits per heavy atom. The molecule has 1 heterocycles. The second-order valence-electron chi connectivity index (χ2n) is 8.12. The van der Waals surface area contributed by atoms with Crippen molar-refractivity contribution in [2.75, 3.05) is 26.1 Å². The second kappa shape index (κ2) is 11.3. The molecule has 0 bridgehead atoms. The van der Waals surface area contributed by atoms with Crippen molar-refractivity contribution in [1.29, 1.82) is 0 Å². The second-order valence-corrected chi connectivity index (χ2v) is 8.12. The fourth-order valence-corrected chi connectivity index (χ4v) is 3.77. The summed E-state index contributed by atoms with van der Waals surface area (Å²) in [5.41, 5.74) is 3.13. The number of amides is 1. The van der Waals surface area contributed by atoms with E-state index in [-0.39, 0.29) is 11.7 Å². The number of nitrogens with one attached hydrogen (secondary N) is 1. The van der Waals surface area contributed by atoms with E-state index in [1.54, 1.807) is 81.8 Å². The highest BCUT2D eigenvalue weighted by Crippen LogP contribution is 2.33.